The Hall–Kier alpha value is -0.330. The first kappa shape index (κ1) is 8.28. The molecule has 2 fully saturated rings. The molecule has 12 heavy (non-hydrogen) atoms. The maximum absolute atomic E-state index is 11.3. The quantitative estimate of drug-likeness (QED) is 0.585. The molecular formula is C11H18O. The fourth-order valence-electron chi connectivity index (χ4n) is 3.62. The summed E-state index contributed by atoms with van der Waals surface area (Å²) in [6.07, 6.45) is 3.82. The van der Waals surface area contributed by atoms with Crippen molar-refractivity contribution in [2.75, 3.05) is 0 Å². The summed E-state index contributed by atoms with van der Waals surface area (Å²) in [7, 11) is 0. The molecule has 0 N–H and O–H groups in total. The van der Waals surface area contributed by atoms with Crippen LogP contribution in [-0.4, -0.2) is 5.78 Å². The third-order valence-electron chi connectivity index (χ3n) is 4.03. The van der Waals surface area contributed by atoms with E-state index in [1.807, 2.05) is 0 Å². The summed E-state index contributed by atoms with van der Waals surface area (Å²) in [5.41, 5.74) is 0.514. The molecule has 1 nitrogen and oxygen atoms in total. The fourth-order valence-corrected chi connectivity index (χ4v) is 3.62. The van der Waals surface area contributed by atoms with E-state index in [0.29, 0.717) is 23.0 Å². The minimum Gasteiger partial charge on any atom is -0.300 e. The minimum absolute atomic E-state index is 0.402. The summed E-state index contributed by atoms with van der Waals surface area (Å²) < 4.78 is 0. The Morgan fingerprint density at radius 1 is 1.33 bits per heavy atom. The molecule has 2 rings (SSSR count). The number of hydrogen-bond acceptors (Lipinski definition) is 1. The third kappa shape index (κ3) is 1.02. The van der Waals surface area contributed by atoms with Gasteiger partial charge in [-0.3, -0.25) is 4.79 Å². The lowest BCUT2D eigenvalue weighted by molar-refractivity contribution is -0.123. The predicted molar refractivity (Wildman–Crippen MR) is 48.8 cm³/mol. The molecule has 68 valence electrons. The number of carbonyl (C=O) groups is 1. The van der Waals surface area contributed by atoms with Crippen molar-refractivity contribution in [3.05, 3.63) is 0 Å². The summed E-state index contributed by atoms with van der Waals surface area (Å²) in [5, 5.41) is 0. The Kier molecular flexibility index (Phi) is 1.61. The molecule has 0 amide bonds. The van der Waals surface area contributed by atoms with Gasteiger partial charge in [0.1, 0.15) is 5.78 Å². The highest BCUT2D eigenvalue weighted by Crippen LogP contribution is 2.59. The summed E-state index contributed by atoms with van der Waals surface area (Å²) in [4.78, 5) is 11.3. The highest BCUT2D eigenvalue weighted by atomic mass is 16.1. The van der Waals surface area contributed by atoms with Crippen LogP contribution >= 0.6 is 0 Å². The standard InChI is InChI=1S/C11H18O/c1-7-4-11(3)5-9(7)10(6-11)8(2)12/h7,9-10H,4-6H2,1-3H3. The first-order valence-corrected chi connectivity index (χ1v) is 5.02. The Balaban J connectivity index is 2.20. The predicted octanol–water partition coefficient (Wildman–Crippen LogP) is 2.65. The van der Waals surface area contributed by atoms with Crippen LogP contribution in [0, 0.1) is 23.2 Å². The molecule has 0 radical (unpaired) electrons. The van der Waals surface area contributed by atoms with Crippen molar-refractivity contribution in [3.8, 4) is 0 Å². The average molecular weight is 166 g/mol. The normalized spacial score (nSPS) is 51.4. The number of hydrogen-bond donors (Lipinski definition) is 0. The number of Topliss-reactive ketones (excluding diaryl/α,β-unsaturated/α-hetero) is 1. The Labute approximate surface area is 74.5 Å². The van der Waals surface area contributed by atoms with Gasteiger partial charge in [-0.25, -0.2) is 0 Å². The SMILES string of the molecule is CC(=O)C1CC2(C)CC(C)C1C2. The maximum Gasteiger partial charge on any atom is 0.133 e. The van der Waals surface area contributed by atoms with Crippen molar-refractivity contribution in [1.82, 2.24) is 0 Å². The van der Waals surface area contributed by atoms with Crippen LogP contribution in [0.15, 0.2) is 0 Å². The van der Waals surface area contributed by atoms with Crippen LogP contribution in [0.3, 0.4) is 0 Å². The van der Waals surface area contributed by atoms with Crippen molar-refractivity contribution < 1.29 is 4.79 Å². The van der Waals surface area contributed by atoms with Crippen LogP contribution in [0.4, 0.5) is 0 Å². The van der Waals surface area contributed by atoms with E-state index in [2.05, 4.69) is 13.8 Å². The Morgan fingerprint density at radius 3 is 2.33 bits per heavy atom. The van der Waals surface area contributed by atoms with Crippen molar-refractivity contribution in [2.45, 2.75) is 40.0 Å². The molecule has 0 heterocycles. The molecular weight excluding hydrogens is 148 g/mol. The number of ketones is 1. The first-order chi connectivity index (χ1) is 5.52. The van der Waals surface area contributed by atoms with Gasteiger partial charge in [-0.1, -0.05) is 13.8 Å². The van der Waals surface area contributed by atoms with E-state index in [0.717, 1.165) is 12.3 Å². The van der Waals surface area contributed by atoms with E-state index in [1.165, 1.54) is 12.8 Å². The lowest BCUT2D eigenvalue weighted by Gasteiger charge is -2.29. The van der Waals surface area contributed by atoms with Crippen molar-refractivity contribution in [2.24, 2.45) is 23.2 Å². The van der Waals surface area contributed by atoms with Gasteiger partial charge in [0.05, 0.1) is 0 Å². The van der Waals surface area contributed by atoms with Crippen LogP contribution in [0.2, 0.25) is 0 Å². The molecule has 2 bridgehead atoms. The zero-order valence-electron chi connectivity index (χ0n) is 8.26. The molecule has 2 aliphatic carbocycles. The zero-order valence-corrected chi connectivity index (χ0v) is 8.26. The molecule has 0 aromatic heterocycles. The monoisotopic (exact) mass is 166 g/mol. The number of rotatable bonds is 1. The van der Waals surface area contributed by atoms with Gasteiger partial charge in [-0.05, 0) is 43.4 Å². The molecule has 4 atom stereocenters. The largest absolute Gasteiger partial charge is 0.300 e. The molecule has 0 spiro atoms. The van der Waals surface area contributed by atoms with E-state index in [9.17, 15) is 4.79 Å². The van der Waals surface area contributed by atoms with E-state index in [4.69, 9.17) is 0 Å². The fraction of sp³-hybridized carbons (Fsp3) is 0.909. The number of carbonyl (C=O) groups excluding carboxylic acids is 1. The van der Waals surface area contributed by atoms with Gasteiger partial charge in [0.2, 0.25) is 0 Å². The summed E-state index contributed by atoms with van der Waals surface area (Å²) in [5.74, 6) is 2.33. The second-order valence-corrected chi connectivity index (χ2v) is 5.28. The smallest absolute Gasteiger partial charge is 0.133 e. The Morgan fingerprint density at radius 2 is 2.00 bits per heavy atom. The Bertz CT molecular complexity index is 221. The van der Waals surface area contributed by atoms with Crippen LogP contribution in [0.1, 0.15) is 40.0 Å². The van der Waals surface area contributed by atoms with Crippen molar-refractivity contribution in [1.29, 1.82) is 0 Å². The minimum atomic E-state index is 0.402. The molecule has 4 unspecified atom stereocenters. The van der Waals surface area contributed by atoms with Crippen molar-refractivity contribution in [3.63, 3.8) is 0 Å². The van der Waals surface area contributed by atoms with Gasteiger partial charge < -0.3 is 0 Å². The summed E-state index contributed by atoms with van der Waals surface area (Å²) >= 11 is 0. The molecule has 2 saturated carbocycles. The van der Waals surface area contributed by atoms with Gasteiger partial charge in [0.25, 0.3) is 0 Å². The summed E-state index contributed by atoms with van der Waals surface area (Å²) in [6.45, 7) is 6.43. The second-order valence-electron chi connectivity index (χ2n) is 5.28. The molecule has 2 aliphatic rings. The zero-order chi connectivity index (χ0) is 8.93. The molecule has 0 aliphatic heterocycles. The third-order valence-corrected chi connectivity index (χ3v) is 4.03. The van der Waals surface area contributed by atoms with Crippen LogP contribution in [-0.2, 0) is 4.79 Å². The van der Waals surface area contributed by atoms with Gasteiger partial charge >= 0.3 is 0 Å². The van der Waals surface area contributed by atoms with Crippen LogP contribution in [0.5, 0.6) is 0 Å². The highest BCUT2D eigenvalue weighted by Gasteiger charge is 2.52. The van der Waals surface area contributed by atoms with E-state index >= 15 is 0 Å². The lowest BCUT2D eigenvalue weighted by atomic mass is 9.75. The van der Waals surface area contributed by atoms with Crippen LogP contribution < -0.4 is 0 Å². The van der Waals surface area contributed by atoms with Gasteiger partial charge in [-0.15, -0.1) is 0 Å². The lowest BCUT2D eigenvalue weighted by Crippen LogP contribution is -2.26. The number of fused-ring (bicyclic) bond motifs is 2. The molecule has 1 heteroatoms. The van der Waals surface area contributed by atoms with Crippen LogP contribution in [0.25, 0.3) is 0 Å². The van der Waals surface area contributed by atoms with Gasteiger partial charge in [-0.2, -0.15) is 0 Å². The van der Waals surface area contributed by atoms with Crippen molar-refractivity contribution >= 4 is 5.78 Å². The van der Waals surface area contributed by atoms with E-state index in [1.54, 1.807) is 6.92 Å². The average Bonchev–Trinajstić information content (AvgIpc) is 2.38. The van der Waals surface area contributed by atoms with Gasteiger partial charge in [0.15, 0.2) is 0 Å². The first-order valence-electron chi connectivity index (χ1n) is 5.02. The maximum atomic E-state index is 11.3. The van der Waals surface area contributed by atoms with E-state index in [-0.39, 0.29) is 0 Å². The van der Waals surface area contributed by atoms with E-state index < -0.39 is 0 Å². The topological polar surface area (TPSA) is 17.1 Å². The molecule has 0 aromatic rings. The second kappa shape index (κ2) is 2.34. The molecule has 0 saturated heterocycles. The molecule has 0 aromatic carbocycles. The highest BCUT2D eigenvalue weighted by molar-refractivity contribution is 5.79. The summed E-state index contributed by atoms with van der Waals surface area (Å²) in [6, 6.07) is 0. The van der Waals surface area contributed by atoms with Gasteiger partial charge in [0, 0.05) is 5.92 Å².